The Morgan fingerprint density at radius 1 is 1.04 bits per heavy atom. The van der Waals surface area contributed by atoms with Gasteiger partial charge in [-0.15, -0.1) is 0 Å². The van der Waals surface area contributed by atoms with Gasteiger partial charge in [0.15, 0.2) is 0 Å². The maximum atomic E-state index is 12.8. The van der Waals surface area contributed by atoms with Gasteiger partial charge in [-0.2, -0.15) is 0 Å². The molecular formula is C22H33N3O2. The second-order valence-electron chi connectivity index (χ2n) is 8.12. The summed E-state index contributed by atoms with van der Waals surface area (Å²) in [4.78, 5) is 29.1. The Balaban J connectivity index is 1.45. The summed E-state index contributed by atoms with van der Waals surface area (Å²) in [6.07, 6.45) is 6.91. The van der Waals surface area contributed by atoms with E-state index in [9.17, 15) is 9.59 Å². The molecule has 5 heteroatoms. The summed E-state index contributed by atoms with van der Waals surface area (Å²) in [7, 11) is 0. The van der Waals surface area contributed by atoms with Gasteiger partial charge < -0.3 is 15.5 Å². The van der Waals surface area contributed by atoms with Crippen LogP contribution < -0.4 is 5.73 Å². The van der Waals surface area contributed by atoms with Crippen molar-refractivity contribution in [2.75, 3.05) is 26.2 Å². The van der Waals surface area contributed by atoms with Crippen molar-refractivity contribution in [3.05, 3.63) is 35.9 Å². The predicted octanol–water partition coefficient (Wildman–Crippen LogP) is 2.96. The largest absolute Gasteiger partial charge is 0.339 e. The van der Waals surface area contributed by atoms with Crippen LogP contribution in [0.3, 0.4) is 0 Å². The van der Waals surface area contributed by atoms with Crippen LogP contribution in [0.15, 0.2) is 30.3 Å². The minimum Gasteiger partial charge on any atom is -0.339 e. The molecule has 1 saturated heterocycles. The van der Waals surface area contributed by atoms with Crippen molar-refractivity contribution in [2.45, 2.75) is 51.5 Å². The molecule has 0 radical (unpaired) electrons. The summed E-state index contributed by atoms with van der Waals surface area (Å²) in [5.74, 6) is 0.821. The fraction of sp³-hybridized carbons (Fsp3) is 0.636. The Labute approximate surface area is 162 Å². The van der Waals surface area contributed by atoms with Crippen LogP contribution in [0.1, 0.15) is 57.1 Å². The maximum absolute atomic E-state index is 12.8. The molecule has 1 aromatic rings. The number of nitrogens with zero attached hydrogens (tertiary/aromatic N) is 2. The lowest BCUT2D eigenvalue weighted by atomic mass is 9.94. The summed E-state index contributed by atoms with van der Waals surface area (Å²) < 4.78 is 0. The van der Waals surface area contributed by atoms with Gasteiger partial charge in [0, 0.05) is 38.6 Å². The highest BCUT2D eigenvalue weighted by atomic mass is 16.2. The molecule has 3 rings (SSSR count). The molecule has 27 heavy (non-hydrogen) atoms. The lowest BCUT2D eigenvalue weighted by Gasteiger charge is -2.37. The number of carbonyl (C=O) groups excluding carboxylic acids is 2. The standard InChI is InChI=1S/C22H33N3O2/c1-17(21(23)19-9-3-2-4-10-19)22(27)25-15-13-24(14-16-25)20(26)12-11-18-7-5-6-8-18/h2-4,9-10,17-18,21H,5-8,11-16,23H2,1H3. The lowest BCUT2D eigenvalue weighted by Crippen LogP contribution is -2.52. The second kappa shape index (κ2) is 9.36. The number of rotatable bonds is 6. The highest BCUT2D eigenvalue weighted by Crippen LogP contribution is 2.29. The highest BCUT2D eigenvalue weighted by Gasteiger charge is 2.30. The molecule has 2 amide bonds. The molecular weight excluding hydrogens is 338 g/mol. The van der Waals surface area contributed by atoms with Crippen molar-refractivity contribution in [3.8, 4) is 0 Å². The Hall–Kier alpha value is -1.88. The van der Waals surface area contributed by atoms with Crippen LogP contribution in [-0.2, 0) is 9.59 Å². The molecule has 0 aromatic heterocycles. The minimum atomic E-state index is -0.301. The average molecular weight is 372 g/mol. The second-order valence-corrected chi connectivity index (χ2v) is 8.12. The Bertz CT molecular complexity index is 620. The molecule has 1 aliphatic heterocycles. The molecule has 2 atom stereocenters. The molecule has 1 aromatic carbocycles. The summed E-state index contributed by atoms with van der Waals surface area (Å²) in [6.45, 7) is 4.41. The van der Waals surface area contributed by atoms with Gasteiger partial charge in [-0.05, 0) is 17.9 Å². The Morgan fingerprint density at radius 3 is 2.26 bits per heavy atom. The van der Waals surface area contributed by atoms with Crippen molar-refractivity contribution < 1.29 is 9.59 Å². The van der Waals surface area contributed by atoms with Gasteiger partial charge in [-0.25, -0.2) is 0 Å². The van der Waals surface area contributed by atoms with Gasteiger partial charge in [0.1, 0.15) is 0 Å². The molecule has 1 saturated carbocycles. The van der Waals surface area contributed by atoms with Crippen molar-refractivity contribution >= 4 is 11.8 Å². The van der Waals surface area contributed by atoms with Crippen LogP contribution in [0.4, 0.5) is 0 Å². The summed E-state index contributed by atoms with van der Waals surface area (Å²) in [5.41, 5.74) is 7.29. The van der Waals surface area contributed by atoms with Crippen molar-refractivity contribution in [1.29, 1.82) is 0 Å². The van der Waals surface area contributed by atoms with Crippen molar-refractivity contribution in [2.24, 2.45) is 17.6 Å². The molecule has 148 valence electrons. The first kappa shape index (κ1) is 19.9. The summed E-state index contributed by atoms with van der Waals surface area (Å²) in [6, 6.07) is 9.48. The molecule has 2 fully saturated rings. The first-order valence-corrected chi connectivity index (χ1v) is 10.4. The van der Waals surface area contributed by atoms with Crippen LogP contribution >= 0.6 is 0 Å². The van der Waals surface area contributed by atoms with Crippen LogP contribution in [0.25, 0.3) is 0 Å². The van der Waals surface area contributed by atoms with Gasteiger partial charge in [0.05, 0.1) is 5.92 Å². The zero-order valence-electron chi connectivity index (χ0n) is 16.5. The van der Waals surface area contributed by atoms with Crippen molar-refractivity contribution in [1.82, 2.24) is 9.80 Å². The minimum absolute atomic E-state index is 0.0874. The average Bonchev–Trinajstić information content (AvgIpc) is 3.25. The number of piperazine rings is 1. The fourth-order valence-corrected chi connectivity index (χ4v) is 4.37. The van der Waals surface area contributed by atoms with Crippen LogP contribution in [0.2, 0.25) is 0 Å². The number of hydrogen-bond acceptors (Lipinski definition) is 3. The van der Waals surface area contributed by atoms with Crippen LogP contribution in [-0.4, -0.2) is 47.8 Å². The van der Waals surface area contributed by atoms with Crippen molar-refractivity contribution in [3.63, 3.8) is 0 Å². The predicted molar refractivity (Wildman–Crippen MR) is 107 cm³/mol. The van der Waals surface area contributed by atoms with E-state index in [1.807, 2.05) is 47.1 Å². The van der Waals surface area contributed by atoms with E-state index in [2.05, 4.69) is 0 Å². The van der Waals surface area contributed by atoms with Gasteiger partial charge in [0.2, 0.25) is 11.8 Å². The summed E-state index contributed by atoms with van der Waals surface area (Å²) in [5, 5.41) is 0. The van der Waals surface area contributed by atoms with Gasteiger partial charge in [-0.1, -0.05) is 62.9 Å². The van der Waals surface area contributed by atoms with E-state index in [0.29, 0.717) is 32.6 Å². The lowest BCUT2D eigenvalue weighted by molar-refractivity contribution is -0.142. The molecule has 2 aliphatic rings. The molecule has 0 spiro atoms. The number of hydrogen-bond donors (Lipinski definition) is 1. The third-order valence-electron chi connectivity index (χ3n) is 6.30. The highest BCUT2D eigenvalue weighted by molar-refractivity contribution is 5.80. The van der Waals surface area contributed by atoms with E-state index in [0.717, 1.165) is 17.9 Å². The van der Waals surface area contributed by atoms with E-state index in [4.69, 9.17) is 5.73 Å². The SMILES string of the molecule is CC(C(=O)N1CCN(C(=O)CCC2CCCC2)CC1)C(N)c1ccccc1. The third kappa shape index (κ3) is 5.10. The molecule has 0 bridgehead atoms. The van der Waals surface area contributed by atoms with E-state index in [1.165, 1.54) is 25.7 Å². The number of benzene rings is 1. The molecule has 2 N–H and O–H groups in total. The molecule has 2 unspecified atom stereocenters. The molecule has 5 nitrogen and oxygen atoms in total. The third-order valence-corrected chi connectivity index (χ3v) is 6.30. The topological polar surface area (TPSA) is 66.6 Å². The normalized spacial score (nSPS) is 20.5. The molecule has 1 aliphatic carbocycles. The monoisotopic (exact) mass is 371 g/mol. The number of nitrogens with two attached hydrogens (primary N) is 1. The van der Waals surface area contributed by atoms with E-state index in [-0.39, 0.29) is 23.8 Å². The van der Waals surface area contributed by atoms with Gasteiger partial charge in [0.25, 0.3) is 0 Å². The molecule has 1 heterocycles. The smallest absolute Gasteiger partial charge is 0.227 e. The van der Waals surface area contributed by atoms with Crippen LogP contribution in [0.5, 0.6) is 0 Å². The van der Waals surface area contributed by atoms with Gasteiger partial charge in [-0.3, -0.25) is 9.59 Å². The quantitative estimate of drug-likeness (QED) is 0.836. The summed E-state index contributed by atoms with van der Waals surface area (Å²) >= 11 is 0. The fourth-order valence-electron chi connectivity index (χ4n) is 4.37. The van der Waals surface area contributed by atoms with Crippen LogP contribution in [0, 0.1) is 11.8 Å². The van der Waals surface area contributed by atoms with E-state index < -0.39 is 0 Å². The number of amides is 2. The zero-order valence-corrected chi connectivity index (χ0v) is 16.5. The maximum Gasteiger partial charge on any atom is 0.227 e. The first-order chi connectivity index (χ1) is 13.1. The Morgan fingerprint density at radius 2 is 1.63 bits per heavy atom. The number of carbonyl (C=O) groups is 2. The van der Waals surface area contributed by atoms with E-state index >= 15 is 0 Å². The van der Waals surface area contributed by atoms with Gasteiger partial charge >= 0.3 is 0 Å². The zero-order chi connectivity index (χ0) is 19.2. The first-order valence-electron chi connectivity index (χ1n) is 10.4. The van der Waals surface area contributed by atoms with E-state index in [1.54, 1.807) is 0 Å². The Kier molecular flexibility index (Phi) is 6.89.